The molecule has 4 atom stereocenters. The standard InChI is InChI=1S/C29H33N3O6/c1-16-9-10-20-22(31(16)29(36)37-2)11-12-23-24(20)30-27(32(23)19-7-3-6-18(15-19)28(34)35)25(33)21-8-4-5-17-13-14-38-26(17)21/h4-5,8,11-12,16,18-19,25,33H,3,6-7,9-10,13-15H2,1-2H3,(H,34,35)/t16-,18+,19+,25+/m0/s1. The fourth-order valence-electron chi connectivity index (χ4n) is 6.59. The van der Waals surface area contributed by atoms with Gasteiger partial charge in [-0.25, -0.2) is 9.78 Å². The molecule has 2 N–H and O–H groups in total. The molecule has 0 spiro atoms. The third kappa shape index (κ3) is 3.91. The number of carbonyl (C=O) groups is 2. The van der Waals surface area contributed by atoms with Crippen molar-refractivity contribution in [1.82, 2.24) is 9.55 Å². The lowest BCUT2D eigenvalue weighted by atomic mass is 9.85. The Hall–Kier alpha value is -3.59. The number of ether oxygens (including phenoxy) is 2. The molecule has 1 saturated carbocycles. The lowest BCUT2D eigenvalue weighted by Crippen LogP contribution is -2.42. The van der Waals surface area contributed by atoms with Gasteiger partial charge in [-0.3, -0.25) is 9.69 Å². The van der Waals surface area contributed by atoms with E-state index in [-0.39, 0.29) is 12.1 Å². The van der Waals surface area contributed by atoms with Gasteiger partial charge in [-0.2, -0.15) is 0 Å². The van der Waals surface area contributed by atoms with Gasteiger partial charge in [-0.15, -0.1) is 0 Å². The van der Waals surface area contributed by atoms with Gasteiger partial charge in [0.25, 0.3) is 0 Å². The van der Waals surface area contributed by atoms with Crippen molar-refractivity contribution in [2.75, 3.05) is 18.6 Å². The number of aliphatic carboxylic acids is 1. The Morgan fingerprint density at radius 2 is 2.00 bits per heavy atom. The van der Waals surface area contributed by atoms with Gasteiger partial charge in [-0.1, -0.05) is 24.6 Å². The van der Waals surface area contributed by atoms with E-state index in [0.717, 1.165) is 60.0 Å². The summed E-state index contributed by atoms with van der Waals surface area (Å²) in [4.78, 5) is 31.3. The highest BCUT2D eigenvalue weighted by Crippen LogP contribution is 2.43. The first-order valence-electron chi connectivity index (χ1n) is 13.4. The number of imidazole rings is 1. The average Bonchev–Trinajstić information content (AvgIpc) is 3.57. The Morgan fingerprint density at radius 3 is 2.79 bits per heavy atom. The molecule has 9 nitrogen and oxygen atoms in total. The van der Waals surface area contributed by atoms with E-state index in [1.165, 1.54) is 7.11 Å². The number of carboxylic acids is 1. The quantitative estimate of drug-likeness (QED) is 0.510. The number of aryl methyl sites for hydroxylation is 1. The van der Waals surface area contributed by atoms with E-state index in [1.807, 2.05) is 37.3 Å². The molecule has 6 rings (SSSR count). The third-order valence-corrected chi connectivity index (χ3v) is 8.50. The van der Waals surface area contributed by atoms with Crippen LogP contribution in [0.3, 0.4) is 0 Å². The van der Waals surface area contributed by atoms with Gasteiger partial charge in [0.15, 0.2) is 0 Å². The summed E-state index contributed by atoms with van der Waals surface area (Å²) in [6.07, 6.45) is 3.56. The number of nitrogens with zero attached hydrogens (tertiary/aromatic N) is 3. The Labute approximate surface area is 221 Å². The number of aromatic nitrogens is 2. The number of fused-ring (bicyclic) bond motifs is 4. The highest BCUT2D eigenvalue weighted by molar-refractivity contribution is 5.95. The van der Waals surface area contributed by atoms with Gasteiger partial charge in [-0.05, 0) is 56.7 Å². The molecule has 3 heterocycles. The minimum Gasteiger partial charge on any atom is -0.493 e. The zero-order valence-corrected chi connectivity index (χ0v) is 21.7. The summed E-state index contributed by atoms with van der Waals surface area (Å²) >= 11 is 0. The molecule has 1 fully saturated rings. The second-order valence-electron chi connectivity index (χ2n) is 10.7. The van der Waals surface area contributed by atoms with E-state index in [4.69, 9.17) is 14.5 Å². The second kappa shape index (κ2) is 9.62. The van der Waals surface area contributed by atoms with Crippen molar-refractivity contribution in [2.45, 2.75) is 70.1 Å². The third-order valence-electron chi connectivity index (χ3n) is 8.50. The average molecular weight is 520 g/mol. The number of carboxylic acid groups (broad SMARTS) is 1. The number of methoxy groups -OCH3 is 1. The molecule has 9 heteroatoms. The summed E-state index contributed by atoms with van der Waals surface area (Å²) in [5.74, 6) is -0.0284. The molecule has 0 unspecified atom stereocenters. The van der Waals surface area contributed by atoms with Crippen LogP contribution in [-0.2, 0) is 22.4 Å². The van der Waals surface area contributed by atoms with Crippen LogP contribution in [0, 0.1) is 5.92 Å². The maximum atomic E-state index is 12.7. The van der Waals surface area contributed by atoms with Crippen LogP contribution < -0.4 is 9.64 Å². The fraction of sp³-hybridized carbons (Fsp3) is 0.483. The summed E-state index contributed by atoms with van der Waals surface area (Å²) in [7, 11) is 1.38. The number of amides is 1. The van der Waals surface area contributed by atoms with Crippen molar-refractivity contribution in [2.24, 2.45) is 5.92 Å². The van der Waals surface area contributed by atoms with Crippen LogP contribution in [0.15, 0.2) is 30.3 Å². The molecule has 0 bridgehead atoms. The van der Waals surface area contributed by atoms with Crippen LogP contribution in [0.1, 0.15) is 73.7 Å². The first kappa shape index (κ1) is 24.7. The van der Waals surface area contributed by atoms with Crippen molar-refractivity contribution >= 4 is 28.8 Å². The smallest absolute Gasteiger partial charge is 0.414 e. The molecule has 1 aromatic heterocycles. The van der Waals surface area contributed by atoms with E-state index >= 15 is 0 Å². The molecule has 0 saturated heterocycles. The van der Waals surface area contributed by atoms with E-state index in [9.17, 15) is 19.8 Å². The van der Waals surface area contributed by atoms with Gasteiger partial charge < -0.3 is 24.3 Å². The number of hydrogen-bond acceptors (Lipinski definition) is 6. The largest absolute Gasteiger partial charge is 0.493 e. The first-order chi connectivity index (χ1) is 18.4. The number of hydrogen-bond donors (Lipinski definition) is 2. The van der Waals surface area contributed by atoms with E-state index in [1.54, 1.807) is 4.90 Å². The van der Waals surface area contributed by atoms with Crippen molar-refractivity contribution in [3.8, 4) is 5.75 Å². The zero-order chi connectivity index (χ0) is 26.6. The van der Waals surface area contributed by atoms with Crippen molar-refractivity contribution in [3.05, 3.63) is 52.8 Å². The number of aliphatic hydroxyl groups excluding tert-OH is 1. The zero-order valence-electron chi connectivity index (χ0n) is 21.7. The van der Waals surface area contributed by atoms with Crippen molar-refractivity contribution in [3.63, 3.8) is 0 Å². The molecule has 1 amide bonds. The van der Waals surface area contributed by atoms with E-state index in [0.29, 0.717) is 36.6 Å². The predicted molar refractivity (Wildman–Crippen MR) is 141 cm³/mol. The molecule has 2 aliphatic heterocycles. The molecule has 2 aromatic carbocycles. The number of benzene rings is 2. The van der Waals surface area contributed by atoms with Crippen molar-refractivity contribution in [1.29, 1.82) is 0 Å². The van der Waals surface area contributed by atoms with E-state index < -0.39 is 24.1 Å². The van der Waals surface area contributed by atoms with Gasteiger partial charge in [0.1, 0.15) is 17.7 Å². The Morgan fingerprint density at radius 1 is 1.16 bits per heavy atom. The lowest BCUT2D eigenvalue weighted by Gasteiger charge is -2.34. The lowest BCUT2D eigenvalue weighted by molar-refractivity contribution is -0.143. The van der Waals surface area contributed by atoms with Crippen LogP contribution in [0.25, 0.3) is 11.0 Å². The molecule has 1 aliphatic carbocycles. The Kier molecular flexibility index (Phi) is 6.26. The molecule has 38 heavy (non-hydrogen) atoms. The highest BCUT2D eigenvalue weighted by atomic mass is 16.5. The molecule has 200 valence electrons. The van der Waals surface area contributed by atoms with Gasteiger partial charge in [0.05, 0.1) is 36.4 Å². The van der Waals surface area contributed by atoms with Gasteiger partial charge >= 0.3 is 12.1 Å². The summed E-state index contributed by atoms with van der Waals surface area (Å²) < 4.78 is 13.0. The van der Waals surface area contributed by atoms with Gasteiger partial charge in [0.2, 0.25) is 0 Å². The van der Waals surface area contributed by atoms with Gasteiger partial charge in [0, 0.05) is 29.6 Å². The fourth-order valence-corrected chi connectivity index (χ4v) is 6.59. The number of anilines is 1. The SMILES string of the molecule is COC(=O)N1c2ccc3c(nc([C@H](O)c4cccc5c4OCC5)n3[C@@H]3CCC[C@@H](C(=O)O)C3)c2CC[C@@H]1C. The van der Waals surface area contributed by atoms with E-state index in [2.05, 4.69) is 4.57 Å². The maximum Gasteiger partial charge on any atom is 0.414 e. The summed E-state index contributed by atoms with van der Waals surface area (Å²) in [6.45, 7) is 2.58. The van der Waals surface area contributed by atoms with Crippen LogP contribution in [0.4, 0.5) is 10.5 Å². The monoisotopic (exact) mass is 519 g/mol. The topological polar surface area (TPSA) is 114 Å². The number of para-hydroxylation sites is 1. The number of rotatable bonds is 4. The van der Waals surface area contributed by atoms with Crippen molar-refractivity contribution < 1.29 is 29.3 Å². The van der Waals surface area contributed by atoms with Crippen LogP contribution >= 0.6 is 0 Å². The molecular formula is C29H33N3O6. The minimum absolute atomic E-state index is 0.0155. The Balaban J connectivity index is 1.54. The summed E-state index contributed by atoms with van der Waals surface area (Å²) in [6, 6.07) is 9.56. The molecule has 0 radical (unpaired) electrons. The second-order valence-corrected chi connectivity index (χ2v) is 10.7. The summed E-state index contributed by atoms with van der Waals surface area (Å²) in [5, 5.41) is 21.6. The van der Waals surface area contributed by atoms with Crippen LogP contribution in [-0.4, -0.2) is 51.6 Å². The normalized spacial score (nSPS) is 23.4. The molecule has 3 aliphatic rings. The highest BCUT2D eigenvalue weighted by Gasteiger charge is 2.36. The van der Waals surface area contributed by atoms with Crippen LogP contribution in [0.5, 0.6) is 5.75 Å². The summed E-state index contributed by atoms with van der Waals surface area (Å²) in [5.41, 5.74) is 5.03. The molecule has 3 aromatic rings. The minimum atomic E-state index is -1.05. The number of carbonyl (C=O) groups excluding carboxylic acids is 1. The molecular weight excluding hydrogens is 486 g/mol. The van der Waals surface area contributed by atoms with Crippen LogP contribution in [0.2, 0.25) is 0 Å². The maximum absolute atomic E-state index is 12.7. The predicted octanol–water partition coefficient (Wildman–Crippen LogP) is 4.78. The number of aliphatic hydroxyl groups is 1. The first-order valence-corrected chi connectivity index (χ1v) is 13.4. The Bertz CT molecular complexity index is 1420.